The van der Waals surface area contributed by atoms with Gasteiger partial charge in [-0.05, 0) is 80.7 Å². The van der Waals surface area contributed by atoms with Crippen molar-refractivity contribution in [1.82, 2.24) is 9.47 Å². The third-order valence-electron chi connectivity index (χ3n) is 5.94. The summed E-state index contributed by atoms with van der Waals surface area (Å²) in [5.74, 6) is 0.455. The van der Waals surface area contributed by atoms with Gasteiger partial charge in [-0.2, -0.15) is 0 Å². The molecular weight excluding hydrogens is 426 g/mol. The van der Waals surface area contributed by atoms with Crippen molar-refractivity contribution >= 4 is 16.8 Å². The van der Waals surface area contributed by atoms with Crippen molar-refractivity contribution in [3.8, 4) is 0 Å². The molecule has 4 rings (SSSR count). The number of aliphatic imine (C=N–C) groups is 1. The normalized spacial score (nSPS) is 16.6. The summed E-state index contributed by atoms with van der Waals surface area (Å²) < 4.78 is 13.1. The molecule has 178 valence electrons. The maximum atomic E-state index is 12.5. The predicted octanol–water partition coefficient (Wildman–Crippen LogP) is 5.15. The van der Waals surface area contributed by atoms with Gasteiger partial charge in [-0.15, -0.1) is 0 Å². The Hall–Kier alpha value is -3.38. The van der Waals surface area contributed by atoms with Gasteiger partial charge in [-0.3, -0.25) is 9.56 Å². The lowest BCUT2D eigenvalue weighted by Gasteiger charge is -2.12. The smallest absolute Gasteiger partial charge is 0.420 e. The third kappa shape index (κ3) is 5.94. The van der Waals surface area contributed by atoms with Crippen molar-refractivity contribution in [2.75, 3.05) is 27.2 Å². The number of oxazole rings is 1. The second-order valence-electron chi connectivity index (χ2n) is 8.86. The lowest BCUT2D eigenvalue weighted by atomic mass is 10.0. The van der Waals surface area contributed by atoms with Crippen LogP contribution in [0.1, 0.15) is 42.9 Å². The molecule has 3 aromatic rings. The summed E-state index contributed by atoms with van der Waals surface area (Å²) in [4.78, 5) is 19.4. The van der Waals surface area contributed by atoms with Crippen LogP contribution in [-0.2, 0) is 17.7 Å². The van der Waals surface area contributed by atoms with Crippen LogP contribution in [0, 0.1) is 0 Å². The number of hydrogen-bond donors (Lipinski definition) is 0. The molecule has 6 nitrogen and oxygen atoms in total. The van der Waals surface area contributed by atoms with Crippen molar-refractivity contribution in [1.29, 1.82) is 0 Å². The number of benzene rings is 2. The number of hydrogen-bond acceptors (Lipinski definition) is 5. The van der Waals surface area contributed by atoms with Gasteiger partial charge in [0.25, 0.3) is 0 Å². The minimum Gasteiger partial charge on any atom is -0.492 e. The average Bonchev–Trinajstić information content (AvgIpc) is 3.12. The zero-order valence-corrected chi connectivity index (χ0v) is 20.3. The Bertz CT molecular complexity index is 1280. The summed E-state index contributed by atoms with van der Waals surface area (Å²) in [6.07, 6.45) is 9.58. The van der Waals surface area contributed by atoms with Crippen LogP contribution in [0.5, 0.6) is 0 Å². The zero-order valence-electron chi connectivity index (χ0n) is 20.3. The highest BCUT2D eigenvalue weighted by molar-refractivity contribution is 6.01. The highest BCUT2D eigenvalue weighted by Gasteiger charge is 2.12. The molecule has 1 aliphatic heterocycles. The zero-order chi connectivity index (χ0) is 23.9. The van der Waals surface area contributed by atoms with E-state index in [0.717, 1.165) is 60.3 Å². The van der Waals surface area contributed by atoms with Crippen molar-refractivity contribution in [2.45, 2.75) is 39.2 Å². The Morgan fingerprint density at radius 3 is 2.85 bits per heavy atom. The van der Waals surface area contributed by atoms with Gasteiger partial charge in [0.05, 0.1) is 24.9 Å². The van der Waals surface area contributed by atoms with E-state index in [1.807, 2.05) is 42.6 Å². The molecule has 34 heavy (non-hydrogen) atoms. The van der Waals surface area contributed by atoms with Crippen LogP contribution in [0.3, 0.4) is 0 Å². The first-order chi connectivity index (χ1) is 16.5. The van der Waals surface area contributed by atoms with Gasteiger partial charge in [0, 0.05) is 12.3 Å². The SMILES string of the molecule is CCc1ccc2oc(=O)n(Cc3cccc(C4=N/C=C(OCCCN(C)C)\C=C/CC4)c3)c2c1. The first kappa shape index (κ1) is 23.8. The fraction of sp³-hybridized carbons (Fsp3) is 0.357. The topological polar surface area (TPSA) is 60.0 Å². The van der Waals surface area contributed by atoms with E-state index < -0.39 is 0 Å². The number of ether oxygens (including phenoxy) is 1. The van der Waals surface area contributed by atoms with E-state index in [9.17, 15) is 4.79 Å². The number of fused-ring (bicyclic) bond motifs is 1. The molecule has 0 unspecified atom stereocenters. The van der Waals surface area contributed by atoms with Gasteiger partial charge < -0.3 is 14.1 Å². The number of aromatic nitrogens is 1. The quantitative estimate of drug-likeness (QED) is 0.415. The molecule has 6 heteroatoms. The van der Waals surface area contributed by atoms with Gasteiger partial charge >= 0.3 is 5.76 Å². The summed E-state index contributed by atoms with van der Waals surface area (Å²) in [7, 11) is 4.13. The second-order valence-corrected chi connectivity index (χ2v) is 8.86. The molecule has 0 radical (unpaired) electrons. The fourth-order valence-electron chi connectivity index (χ4n) is 4.05. The minimum atomic E-state index is -0.332. The Balaban J connectivity index is 1.54. The maximum absolute atomic E-state index is 12.5. The first-order valence-corrected chi connectivity index (χ1v) is 12.0. The monoisotopic (exact) mass is 459 g/mol. The fourth-order valence-corrected chi connectivity index (χ4v) is 4.05. The molecule has 0 N–H and O–H groups in total. The summed E-state index contributed by atoms with van der Waals surface area (Å²) in [6, 6.07) is 14.2. The number of allylic oxidation sites excluding steroid dienone is 2. The van der Waals surface area contributed by atoms with Crippen LogP contribution in [0.15, 0.2) is 80.8 Å². The number of nitrogens with zero attached hydrogens (tertiary/aromatic N) is 3. The predicted molar refractivity (Wildman–Crippen MR) is 138 cm³/mol. The van der Waals surface area contributed by atoms with Crippen LogP contribution < -0.4 is 5.76 Å². The van der Waals surface area contributed by atoms with E-state index in [4.69, 9.17) is 14.1 Å². The van der Waals surface area contributed by atoms with Gasteiger partial charge in [0.1, 0.15) is 5.76 Å². The lowest BCUT2D eigenvalue weighted by Crippen LogP contribution is -2.15. The Kier molecular flexibility index (Phi) is 7.80. The standard InChI is InChI=1S/C28H33N3O3/c1-4-21-13-14-27-26(18-21)31(28(32)34-27)20-22-9-7-10-23(17-22)25-12-6-5-11-24(19-29-25)33-16-8-15-30(2)3/h5,7,9-11,13-14,17-19H,4,6,8,12,15-16,20H2,1-3H3/b11-5-,24-19+,29-25?. The number of aryl methyl sites for hydroxylation is 1. The summed E-state index contributed by atoms with van der Waals surface area (Å²) >= 11 is 0. The Morgan fingerprint density at radius 1 is 1.15 bits per heavy atom. The molecule has 2 heterocycles. The van der Waals surface area contributed by atoms with Crippen LogP contribution in [0.2, 0.25) is 0 Å². The first-order valence-electron chi connectivity index (χ1n) is 12.0. The van der Waals surface area contributed by atoms with Crippen molar-refractivity contribution in [3.63, 3.8) is 0 Å². The maximum Gasteiger partial charge on any atom is 0.420 e. The van der Waals surface area contributed by atoms with Crippen LogP contribution in [0.4, 0.5) is 0 Å². The van der Waals surface area contributed by atoms with E-state index in [1.54, 1.807) is 4.57 Å². The van der Waals surface area contributed by atoms with Gasteiger partial charge in [0.15, 0.2) is 5.58 Å². The van der Waals surface area contributed by atoms with E-state index in [1.165, 1.54) is 5.56 Å². The van der Waals surface area contributed by atoms with E-state index in [-0.39, 0.29) is 5.76 Å². The van der Waals surface area contributed by atoms with Gasteiger partial charge in [-0.25, -0.2) is 4.79 Å². The minimum absolute atomic E-state index is 0.332. The molecule has 1 aromatic heterocycles. The van der Waals surface area contributed by atoms with Crippen molar-refractivity contribution in [3.05, 3.63) is 93.8 Å². The summed E-state index contributed by atoms with van der Waals surface area (Å²) in [5, 5.41) is 0. The second kappa shape index (κ2) is 11.2. The highest BCUT2D eigenvalue weighted by atomic mass is 16.5. The van der Waals surface area contributed by atoms with E-state index in [0.29, 0.717) is 18.7 Å². The van der Waals surface area contributed by atoms with Gasteiger partial charge in [-0.1, -0.05) is 37.3 Å². The Morgan fingerprint density at radius 2 is 2.03 bits per heavy atom. The summed E-state index contributed by atoms with van der Waals surface area (Å²) in [5.41, 5.74) is 5.75. The number of rotatable bonds is 9. The molecular formula is C28H33N3O3. The molecule has 0 saturated heterocycles. The molecule has 2 aromatic carbocycles. The lowest BCUT2D eigenvalue weighted by molar-refractivity contribution is 0.206. The molecule has 0 bridgehead atoms. The highest BCUT2D eigenvalue weighted by Crippen LogP contribution is 2.19. The van der Waals surface area contributed by atoms with E-state index >= 15 is 0 Å². The van der Waals surface area contributed by atoms with E-state index in [2.05, 4.69) is 44.1 Å². The average molecular weight is 460 g/mol. The molecule has 0 spiro atoms. The molecule has 0 fully saturated rings. The van der Waals surface area contributed by atoms with Crippen LogP contribution >= 0.6 is 0 Å². The molecule has 1 aliphatic rings. The molecule has 0 atom stereocenters. The molecule has 0 saturated carbocycles. The van der Waals surface area contributed by atoms with Crippen LogP contribution in [-0.4, -0.2) is 42.4 Å². The van der Waals surface area contributed by atoms with Crippen molar-refractivity contribution in [2.24, 2.45) is 4.99 Å². The Labute approximate surface area is 200 Å². The molecule has 0 aliphatic carbocycles. The van der Waals surface area contributed by atoms with Crippen LogP contribution in [0.25, 0.3) is 11.1 Å². The van der Waals surface area contributed by atoms with Crippen molar-refractivity contribution < 1.29 is 9.15 Å². The summed E-state index contributed by atoms with van der Waals surface area (Å²) in [6.45, 7) is 4.22. The molecule has 0 amide bonds. The largest absolute Gasteiger partial charge is 0.492 e. The van der Waals surface area contributed by atoms with Gasteiger partial charge in [0.2, 0.25) is 0 Å². The third-order valence-corrected chi connectivity index (χ3v) is 5.94.